The minimum absolute atomic E-state index is 0.184. The summed E-state index contributed by atoms with van der Waals surface area (Å²) in [6.07, 6.45) is 6.37. The van der Waals surface area contributed by atoms with E-state index < -0.39 is 11.4 Å². The molecule has 33 heavy (non-hydrogen) atoms. The fourth-order valence-corrected chi connectivity index (χ4v) is 3.31. The van der Waals surface area contributed by atoms with Crippen molar-refractivity contribution in [3.63, 3.8) is 0 Å². The van der Waals surface area contributed by atoms with Crippen molar-refractivity contribution in [3.05, 3.63) is 48.1 Å². The van der Waals surface area contributed by atoms with E-state index in [2.05, 4.69) is 27.2 Å². The number of nitrogens with two attached hydrogens (primary N) is 1. The highest BCUT2D eigenvalue weighted by atomic mass is 16.5. The standard InChI is InChI=1S/C24H30N6O3/c1-5-10-26-15-17(14-25)19-13-18(8-11-27-19)33-20-6-7-21(28-16(20)2)29-23(32)30-12-9-24(3,4)22(30)31/h6-8,11,13-15H,5,9-10,12,25H2,1-4H3,(H,28,29,32). The summed E-state index contributed by atoms with van der Waals surface area (Å²) in [5, 5.41) is 2.69. The number of amides is 3. The van der Waals surface area contributed by atoms with Crippen molar-refractivity contribution in [2.24, 2.45) is 16.1 Å². The first-order valence-corrected chi connectivity index (χ1v) is 10.9. The third kappa shape index (κ3) is 5.74. The first kappa shape index (κ1) is 23.9. The number of rotatable bonds is 7. The number of anilines is 1. The van der Waals surface area contributed by atoms with Gasteiger partial charge in [0.1, 0.15) is 17.3 Å². The highest BCUT2D eigenvalue weighted by Gasteiger charge is 2.41. The number of nitrogens with zero attached hydrogens (tertiary/aromatic N) is 4. The van der Waals surface area contributed by atoms with Gasteiger partial charge in [0.25, 0.3) is 0 Å². The normalized spacial score (nSPS) is 15.8. The number of urea groups is 1. The van der Waals surface area contributed by atoms with Gasteiger partial charge in [-0.3, -0.25) is 25.0 Å². The van der Waals surface area contributed by atoms with Crippen LogP contribution in [0.25, 0.3) is 5.57 Å². The van der Waals surface area contributed by atoms with Crippen molar-refractivity contribution in [3.8, 4) is 11.5 Å². The Bertz CT molecular complexity index is 1090. The van der Waals surface area contributed by atoms with E-state index in [1.54, 1.807) is 43.6 Å². The van der Waals surface area contributed by atoms with Crippen molar-refractivity contribution in [2.75, 3.05) is 18.4 Å². The second-order valence-electron chi connectivity index (χ2n) is 8.44. The Kier molecular flexibility index (Phi) is 7.42. The molecule has 1 aliphatic rings. The Morgan fingerprint density at radius 3 is 2.79 bits per heavy atom. The van der Waals surface area contributed by atoms with Gasteiger partial charge in [0.15, 0.2) is 0 Å². The average Bonchev–Trinajstić information content (AvgIpc) is 3.06. The average molecular weight is 451 g/mol. The fraction of sp³-hybridized carbons (Fsp3) is 0.375. The van der Waals surface area contributed by atoms with Gasteiger partial charge in [-0.15, -0.1) is 0 Å². The summed E-state index contributed by atoms with van der Waals surface area (Å²) in [6.45, 7) is 8.61. The van der Waals surface area contributed by atoms with Gasteiger partial charge in [0.2, 0.25) is 5.91 Å². The van der Waals surface area contributed by atoms with E-state index in [0.29, 0.717) is 53.8 Å². The Morgan fingerprint density at radius 2 is 2.15 bits per heavy atom. The van der Waals surface area contributed by atoms with Gasteiger partial charge in [-0.2, -0.15) is 0 Å². The molecule has 0 radical (unpaired) electrons. The van der Waals surface area contributed by atoms with Gasteiger partial charge in [0.05, 0.1) is 11.4 Å². The van der Waals surface area contributed by atoms with Gasteiger partial charge < -0.3 is 10.5 Å². The maximum atomic E-state index is 12.5. The Labute approximate surface area is 193 Å². The number of nitrogens with one attached hydrogen (secondary N) is 1. The van der Waals surface area contributed by atoms with Gasteiger partial charge in [-0.05, 0) is 38.0 Å². The number of allylic oxidation sites excluding steroid dienone is 1. The molecule has 3 N–H and O–H groups in total. The van der Waals surface area contributed by atoms with Crippen molar-refractivity contribution in [1.82, 2.24) is 14.9 Å². The van der Waals surface area contributed by atoms with E-state index in [4.69, 9.17) is 10.5 Å². The van der Waals surface area contributed by atoms with Gasteiger partial charge >= 0.3 is 6.03 Å². The number of aromatic nitrogens is 2. The van der Waals surface area contributed by atoms with Gasteiger partial charge in [-0.25, -0.2) is 9.78 Å². The monoisotopic (exact) mass is 450 g/mol. The number of carbonyl (C=O) groups excluding carboxylic acids is 2. The largest absolute Gasteiger partial charge is 0.455 e. The van der Waals surface area contributed by atoms with E-state index in [1.165, 1.54) is 11.1 Å². The molecule has 1 aliphatic heterocycles. The van der Waals surface area contributed by atoms with Crippen molar-refractivity contribution < 1.29 is 14.3 Å². The minimum atomic E-state index is -0.525. The zero-order valence-electron chi connectivity index (χ0n) is 19.5. The molecule has 1 saturated heterocycles. The molecule has 3 amide bonds. The Hall–Kier alpha value is -3.75. The second-order valence-corrected chi connectivity index (χ2v) is 8.44. The van der Waals surface area contributed by atoms with Crippen molar-refractivity contribution >= 4 is 29.5 Å². The van der Waals surface area contributed by atoms with Crippen molar-refractivity contribution in [2.45, 2.75) is 40.5 Å². The number of carbonyl (C=O) groups is 2. The summed E-state index contributed by atoms with van der Waals surface area (Å²) in [5.41, 5.74) is 7.13. The molecule has 0 bridgehead atoms. The molecule has 174 valence electrons. The van der Waals surface area contributed by atoms with Crippen molar-refractivity contribution in [1.29, 1.82) is 0 Å². The predicted molar refractivity (Wildman–Crippen MR) is 128 cm³/mol. The van der Waals surface area contributed by atoms with Crippen LogP contribution in [0.5, 0.6) is 11.5 Å². The summed E-state index contributed by atoms with van der Waals surface area (Å²) >= 11 is 0. The summed E-state index contributed by atoms with van der Waals surface area (Å²) in [4.78, 5) is 39.2. The molecule has 0 atom stereocenters. The molecule has 0 saturated carbocycles. The molecular formula is C24H30N6O3. The summed E-state index contributed by atoms with van der Waals surface area (Å²) < 4.78 is 5.98. The zero-order chi connectivity index (χ0) is 24.0. The van der Waals surface area contributed by atoms with Crippen LogP contribution < -0.4 is 15.8 Å². The van der Waals surface area contributed by atoms with Crippen LogP contribution >= 0.6 is 0 Å². The number of imide groups is 1. The number of hydrogen-bond donors (Lipinski definition) is 2. The number of pyridine rings is 2. The second kappa shape index (κ2) is 10.2. The molecular weight excluding hydrogens is 420 g/mol. The van der Waals surface area contributed by atoms with E-state index in [9.17, 15) is 9.59 Å². The molecule has 0 aliphatic carbocycles. The number of aryl methyl sites for hydroxylation is 1. The molecule has 1 fully saturated rings. The Morgan fingerprint density at radius 1 is 1.36 bits per heavy atom. The topological polar surface area (TPSA) is 123 Å². The quantitative estimate of drug-likeness (QED) is 0.611. The molecule has 9 heteroatoms. The third-order valence-corrected chi connectivity index (χ3v) is 5.32. The highest BCUT2D eigenvalue weighted by molar-refractivity contribution is 6.08. The smallest absolute Gasteiger partial charge is 0.329 e. The fourth-order valence-electron chi connectivity index (χ4n) is 3.31. The number of aliphatic imine (C=N–C) groups is 1. The first-order chi connectivity index (χ1) is 15.7. The molecule has 3 heterocycles. The summed E-state index contributed by atoms with van der Waals surface area (Å²) in [5.74, 6) is 1.25. The lowest BCUT2D eigenvalue weighted by atomic mass is 9.92. The van der Waals surface area contributed by atoms with Gasteiger partial charge in [-0.1, -0.05) is 20.8 Å². The van der Waals surface area contributed by atoms with Crippen LogP contribution in [0.1, 0.15) is 45.0 Å². The first-order valence-electron chi connectivity index (χ1n) is 10.9. The lowest BCUT2D eigenvalue weighted by Gasteiger charge is -2.18. The van der Waals surface area contributed by atoms with Gasteiger partial charge in [0, 0.05) is 48.8 Å². The Balaban J connectivity index is 1.70. The molecule has 0 aromatic carbocycles. The molecule has 2 aromatic heterocycles. The molecule has 0 spiro atoms. The molecule has 2 aromatic rings. The summed E-state index contributed by atoms with van der Waals surface area (Å²) in [7, 11) is 0. The maximum Gasteiger partial charge on any atom is 0.329 e. The minimum Gasteiger partial charge on any atom is -0.455 e. The third-order valence-electron chi connectivity index (χ3n) is 5.32. The molecule has 3 rings (SSSR count). The highest BCUT2D eigenvalue weighted by Crippen LogP contribution is 2.31. The number of likely N-dealkylation sites (tertiary alicyclic amines) is 1. The number of ether oxygens (including phenoxy) is 1. The van der Waals surface area contributed by atoms with Crippen LogP contribution in [0.4, 0.5) is 10.6 Å². The zero-order valence-corrected chi connectivity index (χ0v) is 19.5. The van der Waals surface area contributed by atoms with E-state index >= 15 is 0 Å². The van der Waals surface area contributed by atoms with Crippen LogP contribution in [0.3, 0.4) is 0 Å². The van der Waals surface area contributed by atoms with Crippen LogP contribution in [0, 0.1) is 12.3 Å². The lowest BCUT2D eigenvalue weighted by molar-refractivity contribution is -0.131. The SMILES string of the molecule is CCCN=CC(=CN)c1cc(Oc2ccc(NC(=O)N3CCC(C)(C)C3=O)nc2C)ccn1. The van der Waals surface area contributed by atoms with E-state index in [1.807, 2.05) is 13.8 Å². The van der Waals surface area contributed by atoms with Crippen LogP contribution in [-0.2, 0) is 4.79 Å². The van der Waals surface area contributed by atoms with E-state index in [-0.39, 0.29) is 5.91 Å². The number of hydrogen-bond acceptors (Lipinski definition) is 7. The van der Waals surface area contributed by atoms with E-state index in [0.717, 1.165) is 6.42 Å². The maximum absolute atomic E-state index is 12.5. The van der Waals surface area contributed by atoms with Crippen LogP contribution in [0.2, 0.25) is 0 Å². The van der Waals surface area contributed by atoms with Crippen LogP contribution in [-0.4, -0.2) is 46.1 Å². The lowest BCUT2D eigenvalue weighted by Crippen LogP contribution is -2.39. The molecule has 9 nitrogen and oxygen atoms in total. The predicted octanol–water partition coefficient (Wildman–Crippen LogP) is 4.15. The molecule has 0 unspecified atom stereocenters. The summed E-state index contributed by atoms with van der Waals surface area (Å²) in [6, 6.07) is 6.38. The van der Waals surface area contributed by atoms with Crippen LogP contribution in [0.15, 0.2) is 41.7 Å².